The minimum absolute atomic E-state index is 0.0381. The van der Waals surface area contributed by atoms with Crippen molar-refractivity contribution >= 4 is 16.9 Å². The van der Waals surface area contributed by atoms with Crippen LogP contribution in [0.3, 0.4) is 0 Å². The topological polar surface area (TPSA) is 35.5 Å². The Labute approximate surface area is 205 Å². The molecule has 0 saturated carbocycles. The summed E-state index contributed by atoms with van der Waals surface area (Å²) in [6, 6.07) is 15.3. The average Bonchev–Trinajstić information content (AvgIpc) is 2.84. The standard InChI is InChI=1S/C29H42O3S/c1-4-6-7-8-11-22-32-27-18-20-28(21-19-27)33-29(30)25-14-16-26(17-15-25)31-23-12-9-10-13-24(3)5-2/h14-21,24H,4-13,22-23H2,1-3H3. The van der Waals surface area contributed by atoms with Crippen molar-refractivity contribution < 1.29 is 14.3 Å². The minimum Gasteiger partial charge on any atom is -0.494 e. The highest BCUT2D eigenvalue weighted by Gasteiger charge is 2.09. The van der Waals surface area contributed by atoms with Gasteiger partial charge in [0, 0.05) is 10.5 Å². The highest BCUT2D eigenvalue weighted by molar-refractivity contribution is 8.14. The van der Waals surface area contributed by atoms with E-state index in [1.165, 1.54) is 63.1 Å². The smallest absolute Gasteiger partial charge is 0.224 e. The van der Waals surface area contributed by atoms with E-state index in [2.05, 4.69) is 20.8 Å². The molecule has 0 heterocycles. The molecule has 33 heavy (non-hydrogen) atoms. The lowest BCUT2D eigenvalue weighted by molar-refractivity contribution is 0.108. The van der Waals surface area contributed by atoms with Crippen LogP contribution in [0.25, 0.3) is 0 Å². The van der Waals surface area contributed by atoms with Crippen LogP contribution in [-0.2, 0) is 0 Å². The summed E-state index contributed by atoms with van der Waals surface area (Å²) in [5, 5.41) is 0.0381. The fourth-order valence-corrected chi connectivity index (χ4v) is 4.26. The number of ether oxygens (including phenoxy) is 2. The molecule has 0 fully saturated rings. The predicted molar refractivity (Wildman–Crippen MR) is 141 cm³/mol. The van der Waals surface area contributed by atoms with Crippen molar-refractivity contribution in [2.24, 2.45) is 5.92 Å². The molecule has 0 aliphatic carbocycles. The van der Waals surface area contributed by atoms with Gasteiger partial charge in [0.1, 0.15) is 11.5 Å². The second-order valence-corrected chi connectivity index (χ2v) is 9.91. The molecule has 2 aromatic rings. The maximum absolute atomic E-state index is 12.6. The first kappa shape index (κ1) is 27.3. The Kier molecular flexibility index (Phi) is 13.8. The third-order valence-electron chi connectivity index (χ3n) is 5.95. The van der Waals surface area contributed by atoms with Crippen molar-refractivity contribution in [2.45, 2.75) is 89.9 Å². The Morgan fingerprint density at radius 1 is 0.758 bits per heavy atom. The van der Waals surface area contributed by atoms with Gasteiger partial charge in [-0.25, -0.2) is 0 Å². The minimum atomic E-state index is 0.0381. The molecule has 0 N–H and O–H groups in total. The first-order chi connectivity index (χ1) is 16.1. The fraction of sp³-hybridized carbons (Fsp3) is 0.552. The lowest BCUT2D eigenvalue weighted by atomic mass is 10.0. The van der Waals surface area contributed by atoms with E-state index in [1.54, 1.807) is 0 Å². The summed E-state index contributed by atoms with van der Waals surface area (Å²) < 4.78 is 11.6. The van der Waals surface area contributed by atoms with E-state index in [0.717, 1.165) is 48.4 Å². The number of hydrogen-bond acceptors (Lipinski definition) is 4. The quantitative estimate of drug-likeness (QED) is 0.171. The molecule has 182 valence electrons. The number of rotatable bonds is 17. The van der Waals surface area contributed by atoms with Gasteiger partial charge in [-0.1, -0.05) is 72.1 Å². The van der Waals surface area contributed by atoms with Gasteiger partial charge in [0.2, 0.25) is 5.12 Å². The van der Waals surface area contributed by atoms with Crippen molar-refractivity contribution in [1.82, 2.24) is 0 Å². The van der Waals surface area contributed by atoms with Crippen molar-refractivity contribution in [3.63, 3.8) is 0 Å². The number of thioether (sulfide) groups is 1. The zero-order valence-electron chi connectivity index (χ0n) is 20.8. The largest absolute Gasteiger partial charge is 0.494 e. The van der Waals surface area contributed by atoms with Crippen LogP contribution in [0.5, 0.6) is 11.5 Å². The van der Waals surface area contributed by atoms with Gasteiger partial charge < -0.3 is 9.47 Å². The van der Waals surface area contributed by atoms with Crippen molar-refractivity contribution in [3.05, 3.63) is 54.1 Å². The molecule has 0 aliphatic heterocycles. The summed E-state index contributed by atoms with van der Waals surface area (Å²) in [4.78, 5) is 13.5. The molecule has 0 saturated heterocycles. The maximum atomic E-state index is 12.6. The van der Waals surface area contributed by atoms with Gasteiger partial charge >= 0.3 is 0 Å². The van der Waals surface area contributed by atoms with Gasteiger partial charge in [-0.05, 0) is 79.1 Å². The van der Waals surface area contributed by atoms with E-state index < -0.39 is 0 Å². The molecule has 0 aromatic heterocycles. The SMILES string of the molecule is CCCCCCCOc1ccc(SC(=O)c2ccc(OCCCCCC(C)CC)cc2)cc1. The molecule has 0 spiro atoms. The zero-order valence-corrected chi connectivity index (χ0v) is 21.6. The van der Waals surface area contributed by atoms with Crippen LogP contribution in [0.2, 0.25) is 0 Å². The van der Waals surface area contributed by atoms with Crippen LogP contribution < -0.4 is 9.47 Å². The summed E-state index contributed by atoms with van der Waals surface area (Å²) >= 11 is 1.24. The Bertz CT molecular complexity index is 770. The van der Waals surface area contributed by atoms with E-state index >= 15 is 0 Å². The number of benzene rings is 2. The van der Waals surface area contributed by atoms with Crippen LogP contribution >= 0.6 is 11.8 Å². The Morgan fingerprint density at radius 3 is 1.88 bits per heavy atom. The summed E-state index contributed by atoms with van der Waals surface area (Å²) in [5.74, 6) is 2.52. The monoisotopic (exact) mass is 470 g/mol. The molecule has 0 radical (unpaired) electrons. The Balaban J connectivity index is 1.67. The first-order valence-electron chi connectivity index (χ1n) is 12.8. The molecular weight excluding hydrogens is 428 g/mol. The van der Waals surface area contributed by atoms with Crippen LogP contribution in [0.4, 0.5) is 0 Å². The number of carbonyl (C=O) groups excluding carboxylic acids is 1. The van der Waals surface area contributed by atoms with E-state index in [4.69, 9.17) is 9.47 Å². The zero-order chi connectivity index (χ0) is 23.7. The van der Waals surface area contributed by atoms with Gasteiger partial charge in [0.25, 0.3) is 0 Å². The molecule has 1 unspecified atom stereocenters. The summed E-state index contributed by atoms with van der Waals surface area (Å²) in [6.07, 6.45) is 12.3. The van der Waals surface area contributed by atoms with Gasteiger partial charge in [0.05, 0.1) is 13.2 Å². The normalized spacial score (nSPS) is 11.8. The summed E-state index contributed by atoms with van der Waals surface area (Å²) in [6.45, 7) is 8.28. The highest BCUT2D eigenvalue weighted by Crippen LogP contribution is 2.26. The Hall–Kier alpha value is -1.94. The third kappa shape index (κ3) is 11.7. The maximum Gasteiger partial charge on any atom is 0.224 e. The van der Waals surface area contributed by atoms with Gasteiger partial charge in [0.15, 0.2) is 0 Å². The van der Waals surface area contributed by atoms with E-state index in [-0.39, 0.29) is 5.12 Å². The number of carbonyl (C=O) groups is 1. The molecule has 2 rings (SSSR count). The van der Waals surface area contributed by atoms with E-state index in [0.29, 0.717) is 5.56 Å². The van der Waals surface area contributed by atoms with Crippen LogP contribution in [0.15, 0.2) is 53.4 Å². The lowest BCUT2D eigenvalue weighted by Gasteiger charge is -2.09. The number of unbranched alkanes of at least 4 members (excludes halogenated alkanes) is 6. The van der Waals surface area contributed by atoms with Crippen molar-refractivity contribution in [2.75, 3.05) is 13.2 Å². The second kappa shape index (κ2) is 16.6. The van der Waals surface area contributed by atoms with Crippen molar-refractivity contribution in [1.29, 1.82) is 0 Å². The van der Waals surface area contributed by atoms with E-state index in [9.17, 15) is 4.79 Å². The van der Waals surface area contributed by atoms with Gasteiger partial charge in [-0.3, -0.25) is 4.79 Å². The lowest BCUT2D eigenvalue weighted by Crippen LogP contribution is -1.99. The molecule has 1 atom stereocenters. The third-order valence-corrected chi connectivity index (χ3v) is 6.88. The molecule has 0 amide bonds. The predicted octanol–water partition coefficient (Wildman–Crippen LogP) is 8.95. The molecule has 0 bridgehead atoms. The first-order valence-corrected chi connectivity index (χ1v) is 13.6. The molecular formula is C29H42O3S. The molecule has 4 heteroatoms. The van der Waals surface area contributed by atoms with Gasteiger partial charge in [-0.2, -0.15) is 0 Å². The fourth-order valence-electron chi connectivity index (χ4n) is 3.52. The summed E-state index contributed by atoms with van der Waals surface area (Å²) in [5.41, 5.74) is 0.688. The molecule has 3 nitrogen and oxygen atoms in total. The van der Waals surface area contributed by atoms with Crippen molar-refractivity contribution in [3.8, 4) is 11.5 Å². The van der Waals surface area contributed by atoms with E-state index in [1.807, 2.05) is 48.5 Å². The van der Waals surface area contributed by atoms with Crippen LogP contribution in [0.1, 0.15) is 95.3 Å². The van der Waals surface area contributed by atoms with Crippen LogP contribution in [0, 0.1) is 5.92 Å². The van der Waals surface area contributed by atoms with Crippen LogP contribution in [-0.4, -0.2) is 18.3 Å². The summed E-state index contributed by atoms with van der Waals surface area (Å²) in [7, 11) is 0. The second-order valence-electron chi connectivity index (χ2n) is 8.86. The molecule has 2 aromatic carbocycles. The Morgan fingerprint density at radius 2 is 1.30 bits per heavy atom. The average molecular weight is 471 g/mol. The molecule has 0 aliphatic rings. The van der Waals surface area contributed by atoms with Gasteiger partial charge in [-0.15, -0.1) is 0 Å². The highest BCUT2D eigenvalue weighted by atomic mass is 32.2. The number of hydrogen-bond donors (Lipinski definition) is 0.